The van der Waals surface area contributed by atoms with Crippen LogP contribution in [-0.4, -0.2) is 23.3 Å². The van der Waals surface area contributed by atoms with Crippen molar-refractivity contribution in [2.45, 2.75) is 63.6 Å². The first-order chi connectivity index (χ1) is 11.4. The van der Waals surface area contributed by atoms with Gasteiger partial charge >= 0.3 is 0 Å². The Balaban J connectivity index is 1.62. The lowest BCUT2D eigenvalue weighted by Gasteiger charge is -2.49. The first kappa shape index (κ1) is 15.3. The third-order valence-corrected chi connectivity index (χ3v) is 7.84. The highest BCUT2D eigenvalue weighted by Gasteiger charge is 2.76. The summed E-state index contributed by atoms with van der Waals surface area (Å²) < 4.78 is 7.33. The zero-order chi connectivity index (χ0) is 16.7. The quantitative estimate of drug-likeness (QED) is 0.666. The van der Waals surface area contributed by atoms with E-state index in [2.05, 4.69) is 22.9 Å². The minimum Gasteiger partial charge on any atom is -0.362 e. The van der Waals surface area contributed by atoms with E-state index in [1.54, 1.807) is 0 Å². The molecule has 1 saturated carbocycles. The van der Waals surface area contributed by atoms with Gasteiger partial charge in [-0.25, -0.2) is 0 Å². The smallest absolute Gasteiger partial charge is 0.172 e. The molecule has 2 bridgehead atoms. The van der Waals surface area contributed by atoms with E-state index in [0.717, 1.165) is 60.5 Å². The summed E-state index contributed by atoms with van der Waals surface area (Å²) in [7, 11) is 0. The number of Topliss-reactive ketones (excluding diaryl/α,β-unsaturated/α-hetero) is 2. The van der Waals surface area contributed by atoms with Gasteiger partial charge in [-0.3, -0.25) is 9.59 Å². The van der Waals surface area contributed by atoms with Crippen molar-refractivity contribution in [1.29, 1.82) is 0 Å². The minimum atomic E-state index is -0.623. The number of aryl methyl sites for hydroxylation is 1. The summed E-state index contributed by atoms with van der Waals surface area (Å²) in [6, 6.07) is 5.94. The molecule has 3 nitrogen and oxygen atoms in total. The van der Waals surface area contributed by atoms with Crippen LogP contribution in [0.5, 0.6) is 0 Å². The lowest BCUT2D eigenvalue weighted by atomic mass is 9.50. The number of carbonyl (C=O) groups is 2. The lowest BCUT2D eigenvalue weighted by molar-refractivity contribution is -0.135. The first-order valence-electron chi connectivity index (χ1n) is 8.97. The molecule has 1 aromatic rings. The van der Waals surface area contributed by atoms with Gasteiger partial charge in [0.2, 0.25) is 0 Å². The second kappa shape index (κ2) is 4.59. The number of halogens is 1. The van der Waals surface area contributed by atoms with Crippen LogP contribution in [0.2, 0.25) is 0 Å². The summed E-state index contributed by atoms with van der Waals surface area (Å²) in [5.74, 6) is 0.327. The van der Waals surface area contributed by atoms with Gasteiger partial charge in [-0.1, -0.05) is 34.8 Å². The normalized spacial score (nSPS) is 43.2. The second-order valence-corrected chi connectivity index (χ2v) is 9.27. The van der Waals surface area contributed by atoms with Crippen molar-refractivity contribution in [1.82, 2.24) is 0 Å². The van der Waals surface area contributed by atoms with Gasteiger partial charge in [0, 0.05) is 10.0 Å². The Morgan fingerprint density at radius 1 is 1.17 bits per heavy atom. The molecule has 4 atom stereocenters. The highest BCUT2D eigenvalue weighted by Crippen LogP contribution is 2.67. The summed E-state index contributed by atoms with van der Waals surface area (Å²) in [5.41, 5.74) is 0.494. The number of hydrogen-bond donors (Lipinski definition) is 0. The maximum Gasteiger partial charge on any atom is 0.172 e. The third-order valence-electron chi connectivity index (χ3n) is 7.35. The van der Waals surface area contributed by atoms with Crippen molar-refractivity contribution in [2.24, 2.45) is 10.8 Å². The summed E-state index contributed by atoms with van der Waals surface area (Å²) in [4.78, 5) is 26.7. The molecule has 4 aliphatic rings. The van der Waals surface area contributed by atoms with Gasteiger partial charge in [0.15, 0.2) is 11.6 Å². The Bertz CT molecular complexity index is 787. The fourth-order valence-electron chi connectivity index (χ4n) is 5.93. The molecule has 0 unspecified atom stereocenters. The molecule has 2 aliphatic heterocycles. The first-order valence-corrected chi connectivity index (χ1v) is 9.77. The molecule has 3 fully saturated rings. The van der Waals surface area contributed by atoms with E-state index >= 15 is 0 Å². The molecule has 0 N–H and O–H groups in total. The van der Waals surface area contributed by atoms with Crippen LogP contribution in [0.3, 0.4) is 0 Å². The van der Waals surface area contributed by atoms with Crippen LogP contribution in [0.1, 0.15) is 61.4 Å². The predicted molar refractivity (Wildman–Crippen MR) is 93.0 cm³/mol. The number of ketones is 2. The molecule has 0 aromatic heterocycles. The molecular weight excluding hydrogens is 368 g/mol. The lowest BCUT2D eigenvalue weighted by Crippen LogP contribution is -2.58. The van der Waals surface area contributed by atoms with Crippen molar-refractivity contribution in [3.05, 3.63) is 33.8 Å². The van der Waals surface area contributed by atoms with E-state index in [1.807, 2.05) is 18.2 Å². The van der Waals surface area contributed by atoms with Gasteiger partial charge in [0.05, 0.1) is 16.4 Å². The van der Waals surface area contributed by atoms with E-state index in [0.29, 0.717) is 0 Å². The third kappa shape index (κ3) is 1.58. The van der Waals surface area contributed by atoms with E-state index in [4.69, 9.17) is 4.74 Å². The molecule has 126 valence electrons. The number of rotatable bonds is 0. The molecule has 0 radical (unpaired) electrons. The van der Waals surface area contributed by atoms with Gasteiger partial charge in [0.25, 0.3) is 0 Å². The Kier molecular flexibility index (Phi) is 2.92. The van der Waals surface area contributed by atoms with E-state index in [9.17, 15) is 9.59 Å². The largest absolute Gasteiger partial charge is 0.362 e. The molecule has 24 heavy (non-hydrogen) atoms. The molecule has 2 saturated heterocycles. The highest BCUT2D eigenvalue weighted by molar-refractivity contribution is 9.10. The Hall–Kier alpha value is -1.00. The topological polar surface area (TPSA) is 43.4 Å². The summed E-state index contributed by atoms with van der Waals surface area (Å²) in [5, 5.41) is 0. The zero-order valence-electron chi connectivity index (χ0n) is 13.9. The molecule has 1 aromatic carbocycles. The van der Waals surface area contributed by atoms with E-state index < -0.39 is 17.1 Å². The number of hydrogen-bond acceptors (Lipinski definition) is 3. The van der Waals surface area contributed by atoms with E-state index in [1.165, 1.54) is 0 Å². The van der Waals surface area contributed by atoms with Crippen LogP contribution in [0, 0.1) is 10.8 Å². The van der Waals surface area contributed by atoms with Crippen molar-refractivity contribution >= 4 is 27.5 Å². The number of benzene rings is 1. The Labute approximate surface area is 150 Å². The van der Waals surface area contributed by atoms with Gasteiger partial charge in [-0.05, 0) is 56.7 Å². The average molecular weight is 389 g/mol. The molecule has 0 amide bonds. The molecule has 5 rings (SSSR count). The van der Waals surface area contributed by atoms with Crippen molar-refractivity contribution in [3.63, 3.8) is 0 Å². The summed E-state index contributed by atoms with van der Waals surface area (Å²) >= 11 is 3.48. The van der Waals surface area contributed by atoms with Gasteiger partial charge in [0.1, 0.15) is 6.10 Å². The SMILES string of the molecule is C[C@@]12CCCC[C@@]13C[C@@]1(CCc4ccc(Br)cc4C1=O)[C@H](O3)C2=O. The fraction of sp³-hybridized carbons (Fsp3) is 0.600. The van der Waals surface area contributed by atoms with Crippen LogP contribution < -0.4 is 0 Å². The highest BCUT2D eigenvalue weighted by atomic mass is 79.9. The van der Waals surface area contributed by atoms with Crippen molar-refractivity contribution < 1.29 is 14.3 Å². The minimum absolute atomic E-state index is 0.132. The van der Waals surface area contributed by atoms with Crippen molar-refractivity contribution in [3.8, 4) is 0 Å². The fourth-order valence-corrected chi connectivity index (χ4v) is 6.29. The summed E-state index contributed by atoms with van der Waals surface area (Å²) in [6.07, 6.45) is 5.83. The molecule has 4 heteroatoms. The predicted octanol–water partition coefficient (Wildman–Crippen LogP) is 4.26. The van der Waals surface area contributed by atoms with Gasteiger partial charge in [-0.15, -0.1) is 0 Å². The number of carbonyl (C=O) groups excluding carboxylic acids is 2. The standard InChI is InChI=1S/C20H21BrO3/c1-18-7-2-3-8-20(18)11-19(17(24-20)16(18)23)9-6-12-4-5-13(21)10-14(12)15(19)22/h4-5,10,17H,2-3,6-9,11H2,1H3/t17-,18+,19-,20-/m1/s1. The van der Waals surface area contributed by atoms with Crippen LogP contribution in [0.4, 0.5) is 0 Å². The summed E-state index contributed by atoms with van der Waals surface area (Å²) in [6.45, 7) is 2.08. The second-order valence-electron chi connectivity index (χ2n) is 8.36. The Morgan fingerprint density at radius 3 is 2.79 bits per heavy atom. The number of fused-ring (bicyclic) bond motifs is 3. The average Bonchev–Trinajstić information content (AvgIpc) is 3.01. The van der Waals surface area contributed by atoms with Gasteiger partial charge < -0.3 is 4.74 Å². The maximum atomic E-state index is 13.5. The molecule has 2 spiro atoms. The maximum absolute atomic E-state index is 13.5. The van der Waals surface area contributed by atoms with Gasteiger partial charge in [-0.2, -0.15) is 0 Å². The van der Waals surface area contributed by atoms with Crippen molar-refractivity contribution in [2.75, 3.05) is 0 Å². The van der Waals surface area contributed by atoms with Crippen LogP contribution in [-0.2, 0) is 16.0 Å². The monoisotopic (exact) mass is 388 g/mol. The molecule has 2 heterocycles. The van der Waals surface area contributed by atoms with Crippen LogP contribution in [0.15, 0.2) is 22.7 Å². The van der Waals surface area contributed by atoms with Crippen LogP contribution >= 0.6 is 15.9 Å². The zero-order valence-corrected chi connectivity index (χ0v) is 15.4. The number of ether oxygens (including phenoxy) is 1. The van der Waals surface area contributed by atoms with E-state index in [-0.39, 0.29) is 17.0 Å². The molecule has 2 aliphatic carbocycles. The van der Waals surface area contributed by atoms with Crippen LogP contribution in [0.25, 0.3) is 0 Å². The Morgan fingerprint density at radius 2 is 1.96 bits per heavy atom. The molecular formula is C20H21BrO3.